The topological polar surface area (TPSA) is 53.1 Å². The Morgan fingerprint density at radius 2 is 1.83 bits per heavy atom. The number of hydrogen-bond donors (Lipinski definition) is 0. The summed E-state index contributed by atoms with van der Waals surface area (Å²) in [4.78, 5) is 30.8. The van der Waals surface area contributed by atoms with E-state index in [1.807, 2.05) is 4.90 Å². The van der Waals surface area contributed by atoms with E-state index in [0.717, 1.165) is 13.1 Å². The summed E-state index contributed by atoms with van der Waals surface area (Å²) < 4.78 is 5.26. The smallest absolute Gasteiger partial charge is 0.331 e. The van der Waals surface area contributed by atoms with E-state index in [1.54, 1.807) is 23.1 Å². The van der Waals surface area contributed by atoms with Gasteiger partial charge in [0.25, 0.3) is 0 Å². The second kappa shape index (κ2) is 7.95. The zero-order valence-corrected chi connectivity index (χ0v) is 17.4. The van der Waals surface area contributed by atoms with E-state index in [-0.39, 0.29) is 25.0 Å². The number of aryl methyl sites for hydroxylation is 1. The molecule has 1 fully saturated rings. The van der Waals surface area contributed by atoms with Gasteiger partial charge in [-0.2, -0.15) is 0 Å². The van der Waals surface area contributed by atoms with E-state index >= 15 is 0 Å². The lowest BCUT2D eigenvalue weighted by molar-refractivity contribution is -0.133. The molecule has 4 rings (SSSR count). The highest BCUT2D eigenvalue weighted by Crippen LogP contribution is 2.34. The first-order valence-corrected chi connectivity index (χ1v) is 10.1. The van der Waals surface area contributed by atoms with Gasteiger partial charge < -0.3 is 19.4 Å². The van der Waals surface area contributed by atoms with E-state index in [9.17, 15) is 9.59 Å². The Morgan fingerprint density at radius 1 is 1.07 bits per heavy atom. The van der Waals surface area contributed by atoms with Crippen LogP contribution in [0.25, 0.3) is 0 Å². The number of fused-ring (bicyclic) bond motifs is 1. The number of carbonyl (C=O) groups is 2. The van der Waals surface area contributed by atoms with E-state index < -0.39 is 0 Å². The zero-order chi connectivity index (χ0) is 20.5. The van der Waals surface area contributed by atoms with Crippen molar-refractivity contribution in [2.24, 2.45) is 0 Å². The van der Waals surface area contributed by atoms with Crippen molar-refractivity contribution in [1.29, 1.82) is 0 Å². The predicted octanol–water partition coefficient (Wildman–Crippen LogP) is 3.03. The number of hydrogen-bond acceptors (Lipinski definition) is 5. The van der Waals surface area contributed by atoms with Crippen molar-refractivity contribution >= 4 is 34.9 Å². The first-order chi connectivity index (χ1) is 13.9. The number of esters is 1. The van der Waals surface area contributed by atoms with E-state index in [2.05, 4.69) is 36.9 Å². The maximum atomic E-state index is 12.9. The molecular weight excluding hydrogens is 390 g/mol. The van der Waals surface area contributed by atoms with Crippen molar-refractivity contribution in [3.63, 3.8) is 0 Å². The molecule has 2 aliphatic rings. The molecule has 0 aliphatic carbocycles. The fourth-order valence-electron chi connectivity index (χ4n) is 3.90. The fourth-order valence-corrected chi connectivity index (χ4v) is 4.07. The molecule has 29 heavy (non-hydrogen) atoms. The Hall–Kier alpha value is -2.73. The third kappa shape index (κ3) is 4.03. The summed E-state index contributed by atoms with van der Waals surface area (Å²) in [5, 5.41) is 0.543. The molecule has 0 N–H and O–H groups in total. The summed E-state index contributed by atoms with van der Waals surface area (Å²) in [6, 6.07) is 11.4. The van der Waals surface area contributed by atoms with Gasteiger partial charge in [0.15, 0.2) is 5.75 Å². The maximum absolute atomic E-state index is 12.9. The number of carbonyl (C=O) groups excluding carboxylic acids is 2. The van der Waals surface area contributed by atoms with Gasteiger partial charge in [-0.25, -0.2) is 4.79 Å². The molecule has 0 spiro atoms. The second-order valence-electron chi connectivity index (χ2n) is 7.53. The minimum Gasteiger partial charge on any atom is -0.423 e. The van der Waals surface area contributed by atoms with Gasteiger partial charge in [-0.05, 0) is 49.2 Å². The van der Waals surface area contributed by atoms with Crippen LogP contribution in [0.4, 0.5) is 11.4 Å². The van der Waals surface area contributed by atoms with E-state index in [1.165, 1.54) is 16.8 Å². The summed E-state index contributed by atoms with van der Waals surface area (Å²) in [6.07, 6.45) is 0. The standard InChI is InChI=1S/C22H24ClN3O3/c1-15-4-3-5-18(16(15)2)24-8-10-25(11-9-24)21(27)13-26-14-22(28)29-20-7-6-17(23)12-19(20)26/h3-7,12H,8-11,13-14H2,1-2H3. The molecule has 1 amide bonds. The van der Waals surface area contributed by atoms with Crippen LogP contribution in [0.3, 0.4) is 0 Å². The Bertz CT molecular complexity index is 954. The summed E-state index contributed by atoms with van der Waals surface area (Å²) in [5.41, 5.74) is 4.47. The number of halogens is 1. The minimum absolute atomic E-state index is 0.00578. The predicted molar refractivity (Wildman–Crippen MR) is 114 cm³/mol. The average molecular weight is 414 g/mol. The molecule has 0 atom stereocenters. The third-order valence-electron chi connectivity index (χ3n) is 5.68. The van der Waals surface area contributed by atoms with Crippen molar-refractivity contribution in [1.82, 2.24) is 4.90 Å². The van der Waals surface area contributed by atoms with Crippen molar-refractivity contribution in [2.45, 2.75) is 13.8 Å². The Morgan fingerprint density at radius 3 is 2.59 bits per heavy atom. The van der Waals surface area contributed by atoms with Crippen molar-refractivity contribution < 1.29 is 14.3 Å². The lowest BCUT2D eigenvalue weighted by Gasteiger charge is -2.38. The number of piperazine rings is 1. The van der Waals surface area contributed by atoms with Gasteiger partial charge in [-0.3, -0.25) is 4.79 Å². The molecule has 0 unspecified atom stereocenters. The number of amides is 1. The van der Waals surface area contributed by atoms with Crippen LogP contribution in [0.1, 0.15) is 11.1 Å². The van der Waals surface area contributed by atoms with Crippen LogP contribution < -0.4 is 14.5 Å². The molecule has 2 aliphatic heterocycles. The molecule has 2 aromatic carbocycles. The molecule has 2 heterocycles. The molecule has 6 nitrogen and oxygen atoms in total. The molecule has 0 bridgehead atoms. The van der Waals surface area contributed by atoms with E-state index in [0.29, 0.717) is 29.5 Å². The number of anilines is 2. The van der Waals surface area contributed by atoms with Gasteiger partial charge in [-0.1, -0.05) is 23.7 Å². The van der Waals surface area contributed by atoms with Crippen LogP contribution in [0.15, 0.2) is 36.4 Å². The molecule has 1 saturated heterocycles. The van der Waals surface area contributed by atoms with Crippen molar-refractivity contribution in [2.75, 3.05) is 49.1 Å². The van der Waals surface area contributed by atoms with Crippen LogP contribution in [0.2, 0.25) is 5.02 Å². The minimum atomic E-state index is -0.368. The second-order valence-corrected chi connectivity index (χ2v) is 7.97. The maximum Gasteiger partial charge on any atom is 0.331 e. The first-order valence-electron chi connectivity index (χ1n) is 9.76. The summed E-state index contributed by atoms with van der Waals surface area (Å²) >= 11 is 6.09. The van der Waals surface area contributed by atoms with E-state index in [4.69, 9.17) is 16.3 Å². The summed E-state index contributed by atoms with van der Waals surface area (Å²) in [5.74, 6) is 0.0804. The summed E-state index contributed by atoms with van der Waals surface area (Å²) in [6.45, 7) is 7.33. The molecule has 0 aromatic heterocycles. The summed E-state index contributed by atoms with van der Waals surface area (Å²) in [7, 11) is 0. The Labute approximate surface area is 175 Å². The first kappa shape index (κ1) is 19.6. The highest BCUT2D eigenvalue weighted by molar-refractivity contribution is 6.31. The molecular formula is C22H24ClN3O3. The fraction of sp³-hybridized carbons (Fsp3) is 0.364. The van der Waals surface area contributed by atoms with Crippen LogP contribution >= 0.6 is 11.6 Å². The van der Waals surface area contributed by atoms with Gasteiger partial charge >= 0.3 is 5.97 Å². The third-order valence-corrected chi connectivity index (χ3v) is 5.92. The number of nitrogens with zero attached hydrogens (tertiary/aromatic N) is 3. The van der Waals surface area contributed by atoms with Gasteiger partial charge in [0.1, 0.15) is 6.54 Å². The lowest BCUT2D eigenvalue weighted by atomic mass is 10.1. The van der Waals surface area contributed by atoms with Gasteiger partial charge in [0.05, 0.1) is 12.2 Å². The van der Waals surface area contributed by atoms with Crippen LogP contribution in [0.5, 0.6) is 5.75 Å². The number of ether oxygens (including phenoxy) is 1. The Balaban J connectivity index is 1.41. The molecule has 2 aromatic rings. The monoisotopic (exact) mass is 413 g/mol. The highest BCUT2D eigenvalue weighted by atomic mass is 35.5. The normalized spacial score (nSPS) is 16.5. The number of benzene rings is 2. The molecule has 7 heteroatoms. The molecule has 152 valence electrons. The van der Waals surface area contributed by atoms with Crippen LogP contribution in [-0.4, -0.2) is 56.0 Å². The quantitative estimate of drug-likeness (QED) is 0.572. The highest BCUT2D eigenvalue weighted by Gasteiger charge is 2.29. The van der Waals surface area contributed by atoms with Crippen LogP contribution in [0, 0.1) is 13.8 Å². The largest absolute Gasteiger partial charge is 0.423 e. The lowest BCUT2D eigenvalue weighted by Crippen LogP contribution is -2.52. The zero-order valence-electron chi connectivity index (χ0n) is 16.7. The van der Waals surface area contributed by atoms with Crippen molar-refractivity contribution in [3.05, 3.63) is 52.5 Å². The Kier molecular flexibility index (Phi) is 5.37. The number of rotatable bonds is 3. The van der Waals surface area contributed by atoms with Crippen molar-refractivity contribution in [3.8, 4) is 5.75 Å². The van der Waals surface area contributed by atoms with Crippen LogP contribution in [-0.2, 0) is 9.59 Å². The van der Waals surface area contributed by atoms with Gasteiger partial charge in [-0.15, -0.1) is 0 Å². The SMILES string of the molecule is Cc1cccc(N2CCN(C(=O)CN3CC(=O)Oc4ccc(Cl)cc43)CC2)c1C. The average Bonchev–Trinajstić information content (AvgIpc) is 2.70. The van der Waals surface area contributed by atoms with Gasteiger partial charge in [0.2, 0.25) is 5.91 Å². The van der Waals surface area contributed by atoms with Gasteiger partial charge in [0, 0.05) is 36.9 Å². The molecule has 0 saturated carbocycles. The molecule has 0 radical (unpaired) electrons.